The van der Waals surface area contributed by atoms with Gasteiger partial charge in [-0.1, -0.05) is 11.6 Å². The van der Waals surface area contributed by atoms with Crippen LogP contribution in [0.25, 0.3) is 5.69 Å². The van der Waals surface area contributed by atoms with Gasteiger partial charge in [0.05, 0.1) is 18.0 Å². The maximum atomic E-state index is 12.2. The Morgan fingerprint density at radius 1 is 1.52 bits per heavy atom. The monoisotopic (exact) mass is 307 g/mol. The quantitative estimate of drug-likeness (QED) is 0.878. The number of anilines is 1. The molecule has 1 aliphatic heterocycles. The zero-order valence-electron chi connectivity index (χ0n) is 11.1. The van der Waals surface area contributed by atoms with Crippen LogP contribution in [-0.2, 0) is 9.53 Å². The smallest absolute Gasteiger partial charge is 0.254 e. The number of morpholine rings is 1. The van der Waals surface area contributed by atoms with Gasteiger partial charge in [-0.3, -0.25) is 4.79 Å². The molecule has 110 valence electrons. The maximum absolute atomic E-state index is 12.2. The molecule has 0 aliphatic carbocycles. The van der Waals surface area contributed by atoms with Gasteiger partial charge in [0.1, 0.15) is 18.8 Å². The molecular formula is C13H14ClN5O2. The molecule has 1 amide bonds. The van der Waals surface area contributed by atoms with Crippen molar-refractivity contribution in [3.63, 3.8) is 0 Å². The minimum Gasteiger partial charge on any atom is -0.366 e. The van der Waals surface area contributed by atoms with Crippen LogP contribution in [0, 0.1) is 0 Å². The molecule has 2 heterocycles. The molecule has 1 aromatic carbocycles. The van der Waals surface area contributed by atoms with Gasteiger partial charge in [0, 0.05) is 18.1 Å². The van der Waals surface area contributed by atoms with Gasteiger partial charge < -0.3 is 15.4 Å². The lowest BCUT2D eigenvalue weighted by molar-refractivity contribution is -0.128. The van der Waals surface area contributed by atoms with Gasteiger partial charge in [-0.2, -0.15) is 5.10 Å². The Kier molecular flexibility index (Phi) is 4.14. The summed E-state index contributed by atoms with van der Waals surface area (Å²) in [6.07, 6.45) is 2.47. The van der Waals surface area contributed by atoms with E-state index in [1.165, 1.54) is 6.33 Å². The number of nitrogens with zero attached hydrogens (tertiary/aromatic N) is 3. The molecule has 1 unspecified atom stereocenters. The SMILES string of the molecule is O=C(Nc1cc(Cl)ccc1-n1cncn1)C1CNCCO1. The third-order valence-corrected chi connectivity index (χ3v) is 3.34. The van der Waals surface area contributed by atoms with Gasteiger partial charge >= 0.3 is 0 Å². The Hall–Kier alpha value is -1.96. The first-order chi connectivity index (χ1) is 10.2. The molecule has 0 saturated carbocycles. The molecule has 7 nitrogen and oxygen atoms in total. The standard InChI is InChI=1S/C13H14ClN5O2/c14-9-1-2-11(19-8-16-7-17-19)10(5-9)18-13(20)12-6-15-3-4-21-12/h1-2,5,7-8,12,15H,3-4,6H2,(H,18,20). The van der Waals surface area contributed by atoms with Crippen molar-refractivity contribution in [3.05, 3.63) is 35.9 Å². The Morgan fingerprint density at radius 2 is 2.43 bits per heavy atom. The molecule has 21 heavy (non-hydrogen) atoms. The Balaban J connectivity index is 1.84. The van der Waals surface area contributed by atoms with E-state index in [-0.39, 0.29) is 5.91 Å². The summed E-state index contributed by atoms with van der Waals surface area (Å²) in [5, 5.41) is 10.5. The van der Waals surface area contributed by atoms with Crippen molar-refractivity contribution in [2.45, 2.75) is 6.10 Å². The Morgan fingerprint density at radius 3 is 3.14 bits per heavy atom. The second kappa shape index (κ2) is 6.21. The van der Waals surface area contributed by atoms with Crippen molar-refractivity contribution in [1.82, 2.24) is 20.1 Å². The molecule has 1 aromatic heterocycles. The average Bonchev–Trinajstić information content (AvgIpc) is 3.02. The molecule has 1 atom stereocenters. The van der Waals surface area contributed by atoms with Gasteiger partial charge in [0.25, 0.3) is 5.91 Å². The third kappa shape index (κ3) is 3.21. The highest BCUT2D eigenvalue weighted by Gasteiger charge is 2.22. The van der Waals surface area contributed by atoms with Crippen LogP contribution in [0.5, 0.6) is 0 Å². The van der Waals surface area contributed by atoms with E-state index in [1.54, 1.807) is 29.2 Å². The number of carbonyl (C=O) groups excluding carboxylic acids is 1. The van der Waals surface area contributed by atoms with E-state index in [0.717, 1.165) is 6.54 Å². The summed E-state index contributed by atoms with van der Waals surface area (Å²) in [7, 11) is 0. The van der Waals surface area contributed by atoms with Crippen LogP contribution in [0.3, 0.4) is 0 Å². The zero-order valence-corrected chi connectivity index (χ0v) is 11.9. The molecule has 2 N–H and O–H groups in total. The third-order valence-electron chi connectivity index (χ3n) is 3.10. The molecule has 1 aliphatic rings. The zero-order chi connectivity index (χ0) is 14.7. The molecular weight excluding hydrogens is 294 g/mol. The van der Waals surface area contributed by atoms with Crippen molar-refractivity contribution < 1.29 is 9.53 Å². The number of rotatable bonds is 3. The number of halogens is 1. The number of benzene rings is 1. The fourth-order valence-corrected chi connectivity index (χ4v) is 2.26. The fraction of sp³-hybridized carbons (Fsp3) is 0.308. The van der Waals surface area contributed by atoms with E-state index in [9.17, 15) is 4.79 Å². The van der Waals surface area contributed by atoms with E-state index in [1.807, 2.05) is 0 Å². The topological polar surface area (TPSA) is 81.1 Å². The van der Waals surface area contributed by atoms with Crippen molar-refractivity contribution in [2.24, 2.45) is 0 Å². The normalized spacial score (nSPS) is 18.4. The van der Waals surface area contributed by atoms with Crippen LogP contribution in [0.4, 0.5) is 5.69 Å². The van der Waals surface area contributed by atoms with Gasteiger partial charge in [0.15, 0.2) is 0 Å². The molecule has 3 rings (SSSR count). The molecule has 0 radical (unpaired) electrons. The predicted octanol–water partition coefficient (Wildman–Crippen LogP) is 0.848. The van der Waals surface area contributed by atoms with E-state index >= 15 is 0 Å². The van der Waals surface area contributed by atoms with Crippen LogP contribution >= 0.6 is 11.6 Å². The molecule has 8 heteroatoms. The number of ether oxygens (including phenoxy) is 1. The van der Waals surface area contributed by atoms with E-state index in [4.69, 9.17) is 16.3 Å². The van der Waals surface area contributed by atoms with Crippen LogP contribution in [0.2, 0.25) is 5.02 Å². The summed E-state index contributed by atoms with van der Waals surface area (Å²) in [5.41, 5.74) is 1.25. The number of hydrogen-bond donors (Lipinski definition) is 2. The Labute approximate surface area is 126 Å². The molecule has 1 saturated heterocycles. The summed E-state index contributed by atoms with van der Waals surface area (Å²) in [4.78, 5) is 16.1. The van der Waals surface area contributed by atoms with Crippen molar-refractivity contribution in [2.75, 3.05) is 25.0 Å². The Bertz CT molecular complexity index is 625. The fourth-order valence-electron chi connectivity index (χ4n) is 2.09. The van der Waals surface area contributed by atoms with Gasteiger partial charge in [-0.05, 0) is 18.2 Å². The van der Waals surface area contributed by atoms with Crippen molar-refractivity contribution in [3.8, 4) is 5.69 Å². The summed E-state index contributed by atoms with van der Waals surface area (Å²) >= 11 is 6.01. The second-order valence-electron chi connectivity index (χ2n) is 4.55. The first-order valence-corrected chi connectivity index (χ1v) is 6.89. The minimum atomic E-state index is -0.513. The number of hydrogen-bond acceptors (Lipinski definition) is 5. The van der Waals surface area contributed by atoms with Crippen LogP contribution in [0.15, 0.2) is 30.9 Å². The minimum absolute atomic E-state index is 0.217. The van der Waals surface area contributed by atoms with E-state index < -0.39 is 6.10 Å². The summed E-state index contributed by atoms with van der Waals surface area (Å²) in [5.74, 6) is -0.217. The number of amides is 1. The molecule has 2 aromatic rings. The lowest BCUT2D eigenvalue weighted by Gasteiger charge is -2.23. The van der Waals surface area contributed by atoms with Crippen LogP contribution < -0.4 is 10.6 Å². The summed E-state index contributed by atoms with van der Waals surface area (Å²) in [6, 6.07) is 5.17. The first kappa shape index (κ1) is 14.0. The molecule has 0 spiro atoms. The lowest BCUT2D eigenvalue weighted by Crippen LogP contribution is -2.45. The van der Waals surface area contributed by atoms with E-state index in [0.29, 0.717) is 29.5 Å². The van der Waals surface area contributed by atoms with Crippen molar-refractivity contribution in [1.29, 1.82) is 0 Å². The highest BCUT2D eigenvalue weighted by molar-refractivity contribution is 6.31. The number of carbonyl (C=O) groups is 1. The van der Waals surface area contributed by atoms with Crippen molar-refractivity contribution >= 4 is 23.2 Å². The van der Waals surface area contributed by atoms with E-state index in [2.05, 4.69) is 20.7 Å². The molecule has 0 bridgehead atoms. The van der Waals surface area contributed by atoms with Gasteiger partial charge in [-0.25, -0.2) is 9.67 Å². The van der Waals surface area contributed by atoms with Gasteiger partial charge in [0.2, 0.25) is 0 Å². The number of nitrogens with one attached hydrogen (secondary N) is 2. The highest BCUT2D eigenvalue weighted by atomic mass is 35.5. The summed E-state index contributed by atoms with van der Waals surface area (Å²) in [6.45, 7) is 1.76. The van der Waals surface area contributed by atoms with Crippen LogP contribution in [-0.4, -0.2) is 46.5 Å². The first-order valence-electron chi connectivity index (χ1n) is 6.52. The average molecular weight is 308 g/mol. The number of aromatic nitrogens is 3. The second-order valence-corrected chi connectivity index (χ2v) is 4.99. The maximum Gasteiger partial charge on any atom is 0.254 e. The van der Waals surface area contributed by atoms with Crippen LogP contribution in [0.1, 0.15) is 0 Å². The lowest BCUT2D eigenvalue weighted by atomic mass is 10.2. The summed E-state index contributed by atoms with van der Waals surface area (Å²) < 4.78 is 6.99. The van der Waals surface area contributed by atoms with Gasteiger partial charge in [-0.15, -0.1) is 0 Å². The predicted molar refractivity (Wildman–Crippen MR) is 77.6 cm³/mol. The largest absolute Gasteiger partial charge is 0.366 e. The highest BCUT2D eigenvalue weighted by Crippen LogP contribution is 2.24. The molecule has 1 fully saturated rings.